The lowest BCUT2D eigenvalue weighted by Crippen LogP contribution is -2.60. The van der Waals surface area contributed by atoms with Crippen LogP contribution in [0.25, 0.3) is 0 Å². The molecule has 0 spiro atoms. The molecule has 0 atom stereocenters. The quantitative estimate of drug-likeness (QED) is 0.494. The third kappa shape index (κ3) is 4.95. The van der Waals surface area contributed by atoms with E-state index < -0.39 is 0 Å². The minimum absolute atomic E-state index is 0.0357. The van der Waals surface area contributed by atoms with Crippen LogP contribution in [-0.2, 0) is 6.42 Å². The molecule has 4 saturated carbocycles. The second kappa shape index (κ2) is 9.79. The molecule has 3 amide bonds. The zero-order valence-electron chi connectivity index (χ0n) is 21.1. The number of carbonyl (C=O) groups excluding carboxylic acids is 2. The zero-order chi connectivity index (χ0) is 24.5. The average Bonchev–Trinajstić information content (AvgIpc) is 3.38. The molecule has 2 aromatic carbocycles. The molecule has 0 radical (unpaired) electrons. The molecule has 4 bridgehead atoms. The Morgan fingerprint density at radius 2 is 1.56 bits per heavy atom. The smallest absolute Gasteiger partial charge is 0.319 e. The summed E-state index contributed by atoms with van der Waals surface area (Å²) in [7, 11) is 0. The number of nitrogens with one attached hydrogen (secondary N) is 3. The van der Waals surface area contributed by atoms with Crippen LogP contribution in [0.2, 0.25) is 0 Å². The molecule has 6 heteroatoms. The van der Waals surface area contributed by atoms with Crippen LogP contribution >= 0.6 is 0 Å². The van der Waals surface area contributed by atoms with Gasteiger partial charge in [-0.15, -0.1) is 0 Å². The summed E-state index contributed by atoms with van der Waals surface area (Å²) in [5, 5.41) is 9.55. The topological polar surface area (TPSA) is 73.5 Å². The Morgan fingerprint density at radius 1 is 0.889 bits per heavy atom. The molecule has 5 aliphatic rings. The first-order chi connectivity index (χ1) is 17.6. The summed E-state index contributed by atoms with van der Waals surface area (Å²) >= 11 is 0. The highest BCUT2D eigenvalue weighted by Crippen LogP contribution is 2.55. The average molecular weight is 487 g/mol. The molecule has 1 aliphatic heterocycles. The molecule has 0 unspecified atom stereocenters. The van der Waals surface area contributed by atoms with Crippen molar-refractivity contribution in [1.29, 1.82) is 0 Å². The molecule has 0 aromatic heterocycles. The second-order valence-electron chi connectivity index (χ2n) is 11.7. The van der Waals surface area contributed by atoms with Crippen molar-refractivity contribution in [3.8, 4) is 0 Å². The van der Waals surface area contributed by atoms with Crippen molar-refractivity contribution in [2.45, 2.75) is 63.3 Å². The van der Waals surface area contributed by atoms with Crippen molar-refractivity contribution in [3.63, 3.8) is 0 Å². The molecular weight excluding hydrogens is 448 g/mol. The zero-order valence-corrected chi connectivity index (χ0v) is 21.1. The Kier molecular flexibility index (Phi) is 6.36. The van der Waals surface area contributed by atoms with Crippen LogP contribution in [0.1, 0.15) is 67.3 Å². The van der Waals surface area contributed by atoms with Crippen molar-refractivity contribution in [2.75, 3.05) is 29.9 Å². The van der Waals surface area contributed by atoms with Crippen LogP contribution in [0, 0.1) is 17.8 Å². The van der Waals surface area contributed by atoms with E-state index >= 15 is 0 Å². The fourth-order valence-corrected chi connectivity index (χ4v) is 7.76. The predicted molar refractivity (Wildman–Crippen MR) is 143 cm³/mol. The second-order valence-corrected chi connectivity index (χ2v) is 11.7. The van der Waals surface area contributed by atoms with E-state index in [9.17, 15) is 9.59 Å². The van der Waals surface area contributed by atoms with Crippen molar-refractivity contribution in [3.05, 3.63) is 59.7 Å². The molecule has 1 heterocycles. The molecular formula is C30H38N4O2. The fraction of sp³-hybridized carbons (Fsp3) is 0.533. The van der Waals surface area contributed by atoms with E-state index in [0.717, 1.165) is 75.1 Å². The van der Waals surface area contributed by atoms with E-state index in [4.69, 9.17) is 0 Å². The number of nitrogens with zero attached hydrogens (tertiary/aromatic N) is 1. The lowest BCUT2D eigenvalue weighted by atomic mass is 9.53. The number of carbonyl (C=O) groups is 2. The molecule has 2 aromatic rings. The molecule has 7 rings (SSSR count). The third-order valence-electron chi connectivity index (χ3n) is 8.90. The summed E-state index contributed by atoms with van der Waals surface area (Å²) in [5.74, 6) is 2.26. The number of rotatable bonds is 7. The van der Waals surface area contributed by atoms with E-state index in [1.165, 1.54) is 24.8 Å². The van der Waals surface area contributed by atoms with Crippen molar-refractivity contribution in [1.82, 2.24) is 10.6 Å². The van der Waals surface area contributed by atoms with Gasteiger partial charge >= 0.3 is 6.03 Å². The van der Waals surface area contributed by atoms with E-state index in [0.29, 0.717) is 17.8 Å². The largest absolute Gasteiger partial charge is 0.371 e. The van der Waals surface area contributed by atoms with Gasteiger partial charge in [-0.3, -0.25) is 4.79 Å². The Hall–Kier alpha value is -3.02. The number of hydrogen-bond acceptors (Lipinski definition) is 3. The van der Waals surface area contributed by atoms with E-state index in [1.807, 2.05) is 36.4 Å². The first-order valence-electron chi connectivity index (χ1n) is 13.9. The van der Waals surface area contributed by atoms with Crippen molar-refractivity contribution in [2.24, 2.45) is 17.8 Å². The summed E-state index contributed by atoms with van der Waals surface area (Å²) in [6.07, 6.45) is 10.5. The van der Waals surface area contributed by atoms with E-state index in [-0.39, 0.29) is 17.5 Å². The van der Waals surface area contributed by atoms with Gasteiger partial charge < -0.3 is 20.9 Å². The number of amides is 3. The number of urea groups is 1. The molecule has 36 heavy (non-hydrogen) atoms. The summed E-state index contributed by atoms with van der Waals surface area (Å²) in [4.78, 5) is 28.7. The Morgan fingerprint density at radius 3 is 2.22 bits per heavy atom. The Balaban J connectivity index is 1.14. The van der Waals surface area contributed by atoms with Gasteiger partial charge in [0.25, 0.3) is 5.91 Å². The predicted octanol–water partition coefficient (Wildman–Crippen LogP) is 5.35. The van der Waals surface area contributed by atoms with Gasteiger partial charge in [-0.2, -0.15) is 0 Å². The van der Waals surface area contributed by atoms with Crippen LogP contribution in [0.15, 0.2) is 48.5 Å². The molecule has 6 nitrogen and oxygen atoms in total. The molecule has 5 fully saturated rings. The van der Waals surface area contributed by atoms with Crippen LogP contribution in [0.4, 0.5) is 16.2 Å². The van der Waals surface area contributed by atoms with Gasteiger partial charge in [0.2, 0.25) is 0 Å². The van der Waals surface area contributed by atoms with Crippen LogP contribution in [-0.4, -0.2) is 37.1 Å². The summed E-state index contributed by atoms with van der Waals surface area (Å²) in [6.45, 7) is 2.50. The Bertz CT molecular complexity index is 1070. The highest BCUT2D eigenvalue weighted by Gasteiger charge is 2.51. The first-order valence-corrected chi connectivity index (χ1v) is 13.9. The van der Waals surface area contributed by atoms with E-state index in [1.54, 1.807) is 0 Å². The molecule has 1 saturated heterocycles. The maximum atomic E-state index is 13.3. The van der Waals surface area contributed by atoms with Crippen LogP contribution in [0.5, 0.6) is 0 Å². The lowest BCUT2D eigenvalue weighted by molar-refractivity contribution is -0.0127. The highest BCUT2D eigenvalue weighted by molar-refractivity contribution is 6.02. The third-order valence-corrected chi connectivity index (χ3v) is 8.90. The van der Waals surface area contributed by atoms with Crippen LogP contribution < -0.4 is 20.9 Å². The van der Waals surface area contributed by atoms with E-state index in [2.05, 4.69) is 33.0 Å². The first kappa shape index (κ1) is 23.4. The maximum Gasteiger partial charge on any atom is 0.319 e. The van der Waals surface area contributed by atoms with Gasteiger partial charge in [-0.05, 0) is 99.3 Å². The molecule has 4 aliphatic carbocycles. The fourth-order valence-electron chi connectivity index (χ4n) is 7.76. The Labute approximate surface area is 214 Å². The number of hydrogen-bond donors (Lipinski definition) is 3. The van der Waals surface area contributed by atoms with Gasteiger partial charge in [0.1, 0.15) is 0 Å². The summed E-state index contributed by atoms with van der Waals surface area (Å²) in [5.41, 5.74) is 3.43. The van der Waals surface area contributed by atoms with Crippen molar-refractivity contribution >= 4 is 23.3 Å². The highest BCUT2D eigenvalue weighted by atomic mass is 16.2. The summed E-state index contributed by atoms with van der Waals surface area (Å²) < 4.78 is 0. The van der Waals surface area contributed by atoms with Gasteiger partial charge in [-0.25, -0.2) is 4.79 Å². The standard InChI is InChI=1S/C30H38N4O2/c35-28(31-11-10-21-6-2-1-3-7-21)26-17-25(8-9-27(26)34-12-4-5-13-34)32-29(36)33-30-18-22-14-23(19-30)16-24(15-22)20-30/h1-3,6-9,17,22-24H,4-5,10-16,18-20H2,(H,31,35)(H2,32,33,36). The number of benzene rings is 2. The SMILES string of the molecule is O=C(Nc1ccc(N2CCCC2)c(C(=O)NCCc2ccccc2)c1)NC12CC3CC(CC(C3)C1)C2. The van der Waals surface area contributed by atoms with Gasteiger partial charge in [0.05, 0.1) is 5.56 Å². The minimum Gasteiger partial charge on any atom is -0.371 e. The molecule has 190 valence electrons. The maximum absolute atomic E-state index is 13.3. The van der Waals surface area contributed by atoms with Gasteiger partial charge in [0, 0.05) is 36.5 Å². The summed E-state index contributed by atoms with van der Waals surface area (Å²) in [6, 6.07) is 15.8. The minimum atomic E-state index is -0.138. The van der Waals surface area contributed by atoms with Gasteiger partial charge in [-0.1, -0.05) is 30.3 Å². The molecule has 3 N–H and O–H groups in total. The normalized spacial score (nSPS) is 28.2. The van der Waals surface area contributed by atoms with Crippen LogP contribution in [0.3, 0.4) is 0 Å². The van der Waals surface area contributed by atoms with Crippen molar-refractivity contribution < 1.29 is 9.59 Å². The number of anilines is 2. The lowest BCUT2D eigenvalue weighted by Gasteiger charge is -2.56. The van der Waals surface area contributed by atoms with Gasteiger partial charge in [0.15, 0.2) is 0 Å². The monoisotopic (exact) mass is 486 g/mol.